The Morgan fingerprint density at radius 2 is 1.91 bits per heavy atom. The average Bonchev–Trinajstić information content (AvgIpc) is 2.50. The number of anilines is 1. The molecule has 2 aromatic carbocycles. The number of hydrogen-bond acceptors (Lipinski definition) is 3. The Bertz CT molecular complexity index is 711. The SMILES string of the molecule is N#Cc1ccc(NC(=O)CSCc2ccc(Cl)cc2Cl)cc1. The van der Waals surface area contributed by atoms with Crippen LogP contribution in [0.3, 0.4) is 0 Å². The number of carbonyl (C=O) groups excluding carboxylic acids is 1. The van der Waals surface area contributed by atoms with E-state index in [4.69, 9.17) is 28.5 Å². The number of rotatable bonds is 5. The number of amides is 1. The van der Waals surface area contributed by atoms with E-state index in [1.165, 1.54) is 11.8 Å². The van der Waals surface area contributed by atoms with Crippen LogP contribution in [0.1, 0.15) is 11.1 Å². The zero-order chi connectivity index (χ0) is 15.9. The molecule has 1 N–H and O–H groups in total. The van der Waals surface area contributed by atoms with Gasteiger partial charge in [-0.25, -0.2) is 0 Å². The lowest BCUT2D eigenvalue weighted by molar-refractivity contribution is -0.113. The molecule has 2 rings (SSSR count). The lowest BCUT2D eigenvalue weighted by Crippen LogP contribution is -2.14. The van der Waals surface area contributed by atoms with E-state index in [9.17, 15) is 4.79 Å². The largest absolute Gasteiger partial charge is 0.325 e. The topological polar surface area (TPSA) is 52.9 Å². The van der Waals surface area contributed by atoms with E-state index in [0.717, 1.165) is 5.56 Å². The van der Waals surface area contributed by atoms with E-state index in [1.807, 2.05) is 12.1 Å². The summed E-state index contributed by atoms with van der Waals surface area (Å²) >= 11 is 13.4. The quantitative estimate of drug-likeness (QED) is 0.847. The standard InChI is InChI=1S/C16H12Cl2N2OS/c17-13-4-3-12(15(18)7-13)9-22-10-16(21)20-14-5-1-11(8-19)2-6-14/h1-7H,9-10H2,(H,20,21). The molecule has 0 spiro atoms. The Balaban J connectivity index is 1.81. The van der Waals surface area contributed by atoms with Gasteiger partial charge >= 0.3 is 0 Å². The molecule has 2 aromatic rings. The van der Waals surface area contributed by atoms with Gasteiger partial charge in [0.1, 0.15) is 0 Å². The first-order chi connectivity index (χ1) is 10.6. The van der Waals surface area contributed by atoms with E-state index < -0.39 is 0 Å². The van der Waals surface area contributed by atoms with Gasteiger partial charge in [-0.1, -0.05) is 29.3 Å². The van der Waals surface area contributed by atoms with Gasteiger partial charge in [0.2, 0.25) is 5.91 Å². The molecule has 0 atom stereocenters. The second-order valence-electron chi connectivity index (χ2n) is 4.47. The van der Waals surface area contributed by atoms with Gasteiger partial charge < -0.3 is 5.32 Å². The molecule has 0 aliphatic rings. The molecule has 112 valence electrons. The first-order valence-electron chi connectivity index (χ1n) is 6.40. The number of hydrogen-bond donors (Lipinski definition) is 1. The molecule has 0 aromatic heterocycles. The summed E-state index contributed by atoms with van der Waals surface area (Å²) in [6.07, 6.45) is 0. The first kappa shape index (κ1) is 16.7. The van der Waals surface area contributed by atoms with Gasteiger partial charge in [0.05, 0.1) is 17.4 Å². The molecule has 0 unspecified atom stereocenters. The van der Waals surface area contributed by atoms with Crippen LogP contribution in [-0.4, -0.2) is 11.7 Å². The van der Waals surface area contributed by atoms with E-state index in [2.05, 4.69) is 5.32 Å². The summed E-state index contributed by atoms with van der Waals surface area (Å²) in [7, 11) is 0. The molecule has 0 bridgehead atoms. The fourth-order valence-electron chi connectivity index (χ4n) is 1.72. The number of nitriles is 1. The highest BCUT2D eigenvalue weighted by molar-refractivity contribution is 7.99. The third-order valence-corrected chi connectivity index (χ3v) is 4.37. The molecule has 0 heterocycles. The molecule has 0 aliphatic heterocycles. The van der Waals surface area contributed by atoms with Crippen molar-refractivity contribution in [2.45, 2.75) is 5.75 Å². The number of carbonyl (C=O) groups is 1. The predicted octanol–water partition coefficient (Wildman–Crippen LogP) is 4.74. The smallest absolute Gasteiger partial charge is 0.234 e. The Morgan fingerprint density at radius 3 is 2.55 bits per heavy atom. The Kier molecular flexibility index (Phi) is 6.14. The lowest BCUT2D eigenvalue weighted by Gasteiger charge is -2.06. The van der Waals surface area contributed by atoms with Crippen molar-refractivity contribution >= 4 is 46.6 Å². The third kappa shape index (κ3) is 4.96. The first-order valence-corrected chi connectivity index (χ1v) is 8.31. The summed E-state index contributed by atoms with van der Waals surface area (Å²) in [6.45, 7) is 0. The highest BCUT2D eigenvalue weighted by Gasteiger charge is 2.05. The maximum atomic E-state index is 11.8. The Morgan fingerprint density at radius 1 is 1.18 bits per heavy atom. The van der Waals surface area contributed by atoms with Gasteiger partial charge in [-0.05, 0) is 42.0 Å². The normalized spacial score (nSPS) is 10.0. The molecule has 0 radical (unpaired) electrons. The third-order valence-electron chi connectivity index (χ3n) is 2.80. The van der Waals surface area contributed by atoms with Crippen LogP contribution in [0.4, 0.5) is 5.69 Å². The molecular formula is C16H12Cl2N2OS. The molecule has 3 nitrogen and oxygen atoms in total. The molecule has 0 saturated carbocycles. The molecule has 6 heteroatoms. The van der Waals surface area contributed by atoms with Crippen LogP contribution in [0, 0.1) is 11.3 Å². The van der Waals surface area contributed by atoms with Gasteiger partial charge in [0, 0.05) is 21.5 Å². The molecule has 22 heavy (non-hydrogen) atoms. The second-order valence-corrected chi connectivity index (χ2v) is 6.30. The number of benzene rings is 2. The van der Waals surface area contributed by atoms with Crippen LogP contribution in [0.15, 0.2) is 42.5 Å². The fourth-order valence-corrected chi connectivity index (χ4v) is 3.10. The Labute approximate surface area is 143 Å². The predicted molar refractivity (Wildman–Crippen MR) is 92.4 cm³/mol. The number of thioether (sulfide) groups is 1. The Hall–Kier alpha value is -1.67. The van der Waals surface area contributed by atoms with Crippen LogP contribution in [0.5, 0.6) is 0 Å². The van der Waals surface area contributed by atoms with Crippen LogP contribution >= 0.6 is 35.0 Å². The monoisotopic (exact) mass is 350 g/mol. The van der Waals surface area contributed by atoms with E-state index in [-0.39, 0.29) is 5.91 Å². The molecule has 0 aliphatic carbocycles. The zero-order valence-corrected chi connectivity index (χ0v) is 13.8. The minimum atomic E-state index is -0.0974. The van der Waals surface area contributed by atoms with Crippen molar-refractivity contribution in [3.63, 3.8) is 0 Å². The zero-order valence-electron chi connectivity index (χ0n) is 11.5. The lowest BCUT2D eigenvalue weighted by atomic mass is 10.2. The van der Waals surface area contributed by atoms with Crippen molar-refractivity contribution < 1.29 is 4.79 Å². The van der Waals surface area contributed by atoms with Gasteiger partial charge in [-0.3, -0.25) is 4.79 Å². The van der Waals surface area contributed by atoms with Crippen molar-refractivity contribution in [1.29, 1.82) is 5.26 Å². The van der Waals surface area contributed by atoms with Gasteiger partial charge in [0.15, 0.2) is 0 Å². The molecular weight excluding hydrogens is 339 g/mol. The van der Waals surface area contributed by atoms with E-state index in [1.54, 1.807) is 36.4 Å². The summed E-state index contributed by atoms with van der Waals surface area (Å²) in [6, 6.07) is 14.1. The van der Waals surface area contributed by atoms with Crippen molar-refractivity contribution in [3.8, 4) is 6.07 Å². The van der Waals surface area contributed by atoms with Crippen LogP contribution in [0.25, 0.3) is 0 Å². The van der Waals surface area contributed by atoms with Crippen LogP contribution in [-0.2, 0) is 10.5 Å². The number of halogens is 2. The number of nitrogens with one attached hydrogen (secondary N) is 1. The maximum Gasteiger partial charge on any atom is 0.234 e. The van der Waals surface area contributed by atoms with Crippen molar-refractivity contribution in [2.24, 2.45) is 0 Å². The van der Waals surface area contributed by atoms with Gasteiger partial charge in [0.25, 0.3) is 0 Å². The summed E-state index contributed by atoms with van der Waals surface area (Å²) in [4.78, 5) is 11.8. The summed E-state index contributed by atoms with van der Waals surface area (Å²) < 4.78 is 0. The summed E-state index contributed by atoms with van der Waals surface area (Å²) in [5, 5.41) is 12.7. The summed E-state index contributed by atoms with van der Waals surface area (Å²) in [5.74, 6) is 0.857. The minimum Gasteiger partial charge on any atom is -0.325 e. The number of nitrogens with zero attached hydrogens (tertiary/aromatic N) is 1. The highest BCUT2D eigenvalue weighted by atomic mass is 35.5. The summed E-state index contributed by atoms with van der Waals surface area (Å²) in [5.41, 5.74) is 2.18. The molecule has 0 fully saturated rings. The van der Waals surface area contributed by atoms with Crippen molar-refractivity contribution in [2.75, 3.05) is 11.1 Å². The van der Waals surface area contributed by atoms with Crippen molar-refractivity contribution in [3.05, 3.63) is 63.6 Å². The second kappa shape index (κ2) is 8.09. The molecule has 0 saturated heterocycles. The van der Waals surface area contributed by atoms with E-state index in [0.29, 0.717) is 32.8 Å². The van der Waals surface area contributed by atoms with Gasteiger partial charge in [-0.2, -0.15) is 5.26 Å². The van der Waals surface area contributed by atoms with Crippen molar-refractivity contribution in [1.82, 2.24) is 0 Å². The highest BCUT2D eigenvalue weighted by Crippen LogP contribution is 2.24. The minimum absolute atomic E-state index is 0.0974. The maximum absolute atomic E-state index is 11.8. The van der Waals surface area contributed by atoms with Gasteiger partial charge in [-0.15, -0.1) is 11.8 Å². The molecule has 1 amide bonds. The van der Waals surface area contributed by atoms with E-state index >= 15 is 0 Å². The van der Waals surface area contributed by atoms with Crippen LogP contribution in [0.2, 0.25) is 10.0 Å². The van der Waals surface area contributed by atoms with Crippen LogP contribution < -0.4 is 5.32 Å². The fraction of sp³-hybridized carbons (Fsp3) is 0.125. The average molecular weight is 351 g/mol.